The normalized spacial score (nSPS) is 15.2. The van der Waals surface area contributed by atoms with Gasteiger partial charge in [-0.25, -0.2) is 0 Å². The van der Waals surface area contributed by atoms with Gasteiger partial charge in [-0.15, -0.1) is 0 Å². The molecule has 2 amide bonds. The highest BCUT2D eigenvalue weighted by Crippen LogP contribution is 2.22. The highest BCUT2D eigenvalue weighted by molar-refractivity contribution is 5.94. The third-order valence-corrected chi connectivity index (χ3v) is 4.80. The summed E-state index contributed by atoms with van der Waals surface area (Å²) in [4.78, 5) is 30.1. The number of hydrogen-bond acceptors (Lipinski definition) is 5. The minimum atomic E-state index is -2.83. The fraction of sp³-hybridized carbons (Fsp3) is 0.500. The number of carbonyl (C=O) groups excluding carboxylic acids is 2. The van der Waals surface area contributed by atoms with E-state index in [2.05, 4.69) is 20.0 Å². The fourth-order valence-corrected chi connectivity index (χ4v) is 3.23. The van der Waals surface area contributed by atoms with Crippen LogP contribution in [0.3, 0.4) is 0 Å². The van der Waals surface area contributed by atoms with Gasteiger partial charge >= 0.3 is 6.43 Å². The van der Waals surface area contributed by atoms with Crippen LogP contribution in [0.4, 0.5) is 8.78 Å². The lowest BCUT2D eigenvalue weighted by Gasteiger charge is -2.32. The van der Waals surface area contributed by atoms with Crippen molar-refractivity contribution in [3.8, 4) is 11.4 Å². The third kappa shape index (κ3) is 5.36. The Balaban J connectivity index is 1.53. The van der Waals surface area contributed by atoms with E-state index >= 15 is 0 Å². The number of carbonyl (C=O) groups is 2. The van der Waals surface area contributed by atoms with Crippen molar-refractivity contribution < 1.29 is 22.9 Å². The van der Waals surface area contributed by atoms with Gasteiger partial charge in [-0.1, -0.05) is 31.1 Å². The Morgan fingerprint density at radius 2 is 1.86 bits per heavy atom. The Kier molecular flexibility index (Phi) is 6.56. The number of rotatable bonds is 6. The summed E-state index contributed by atoms with van der Waals surface area (Å²) in [6, 6.07) is 6.36. The Morgan fingerprint density at radius 3 is 2.41 bits per heavy atom. The molecule has 0 spiro atoms. The molecule has 1 aromatic heterocycles. The molecule has 0 saturated carbocycles. The van der Waals surface area contributed by atoms with Crippen LogP contribution in [-0.2, 0) is 4.79 Å². The van der Waals surface area contributed by atoms with Crippen LogP contribution in [0.2, 0.25) is 0 Å². The molecule has 2 heterocycles. The van der Waals surface area contributed by atoms with Crippen molar-refractivity contribution in [1.82, 2.24) is 20.4 Å². The molecule has 0 aliphatic carbocycles. The van der Waals surface area contributed by atoms with Crippen LogP contribution in [0.1, 0.15) is 55.8 Å². The summed E-state index contributed by atoms with van der Waals surface area (Å²) in [7, 11) is 0. The summed E-state index contributed by atoms with van der Waals surface area (Å²) in [5.74, 6) is -0.412. The molecule has 1 aromatic carbocycles. The van der Waals surface area contributed by atoms with E-state index in [-0.39, 0.29) is 23.7 Å². The molecule has 1 aliphatic heterocycles. The molecule has 1 aliphatic rings. The molecular formula is C20H24F2N4O3. The van der Waals surface area contributed by atoms with Gasteiger partial charge in [0.2, 0.25) is 11.7 Å². The summed E-state index contributed by atoms with van der Waals surface area (Å²) >= 11 is 0. The van der Waals surface area contributed by atoms with Crippen molar-refractivity contribution in [3.63, 3.8) is 0 Å². The Labute approximate surface area is 167 Å². The molecule has 29 heavy (non-hydrogen) atoms. The van der Waals surface area contributed by atoms with E-state index in [4.69, 9.17) is 0 Å². The zero-order valence-corrected chi connectivity index (χ0v) is 16.4. The van der Waals surface area contributed by atoms with Crippen LogP contribution >= 0.6 is 0 Å². The maximum atomic E-state index is 12.5. The van der Waals surface area contributed by atoms with E-state index in [9.17, 15) is 18.4 Å². The first-order valence-corrected chi connectivity index (χ1v) is 9.64. The minimum Gasteiger partial charge on any atom is -0.349 e. The lowest BCUT2D eigenvalue weighted by Crippen LogP contribution is -2.46. The van der Waals surface area contributed by atoms with Gasteiger partial charge in [-0.2, -0.15) is 13.8 Å². The van der Waals surface area contributed by atoms with Crippen molar-refractivity contribution >= 4 is 11.8 Å². The van der Waals surface area contributed by atoms with E-state index < -0.39 is 12.3 Å². The fourth-order valence-electron chi connectivity index (χ4n) is 3.23. The molecule has 1 fully saturated rings. The van der Waals surface area contributed by atoms with Gasteiger partial charge in [0.15, 0.2) is 0 Å². The SMILES string of the molecule is CC(C)CC(=O)N1CCC(NC(=O)c2ccc(-c3noc(C(F)F)n3)cc2)CC1. The number of piperidine rings is 1. The smallest absolute Gasteiger partial charge is 0.315 e. The molecule has 2 aromatic rings. The number of aromatic nitrogens is 2. The van der Waals surface area contributed by atoms with Crippen molar-refractivity contribution in [3.05, 3.63) is 35.7 Å². The predicted molar refractivity (Wildman–Crippen MR) is 101 cm³/mol. The largest absolute Gasteiger partial charge is 0.349 e. The lowest BCUT2D eigenvalue weighted by atomic mass is 10.0. The maximum Gasteiger partial charge on any atom is 0.315 e. The van der Waals surface area contributed by atoms with E-state index in [1.165, 1.54) is 0 Å². The van der Waals surface area contributed by atoms with Gasteiger partial charge in [0.05, 0.1) is 0 Å². The van der Waals surface area contributed by atoms with Gasteiger partial charge < -0.3 is 14.7 Å². The van der Waals surface area contributed by atoms with Crippen LogP contribution in [0.5, 0.6) is 0 Å². The quantitative estimate of drug-likeness (QED) is 0.794. The maximum absolute atomic E-state index is 12.5. The van der Waals surface area contributed by atoms with E-state index in [1.807, 2.05) is 18.7 Å². The lowest BCUT2D eigenvalue weighted by molar-refractivity contribution is -0.133. The van der Waals surface area contributed by atoms with E-state index in [0.29, 0.717) is 49.4 Å². The first-order chi connectivity index (χ1) is 13.8. The summed E-state index contributed by atoms with van der Waals surface area (Å²) in [6.07, 6.45) is -0.851. The van der Waals surface area contributed by atoms with Crippen LogP contribution in [0.15, 0.2) is 28.8 Å². The zero-order chi connectivity index (χ0) is 21.0. The standard InChI is InChI=1S/C20H24F2N4O3/c1-12(2)11-16(27)26-9-7-15(8-10-26)23-19(28)14-5-3-13(4-6-14)18-24-20(17(21)22)29-25-18/h3-6,12,15,17H,7-11H2,1-2H3,(H,23,28). The number of amides is 2. The van der Waals surface area contributed by atoms with Crippen molar-refractivity contribution in [1.29, 1.82) is 0 Å². The molecule has 3 rings (SSSR count). The summed E-state index contributed by atoms with van der Waals surface area (Å²) < 4.78 is 29.6. The van der Waals surface area contributed by atoms with Gasteiger partial charge in [0.1, 0.15) is 0 Å². The van der Waals surface area contributed by atoms with Crippen molar-refractivity contribution in [2.75, 3.05) is 13.1 Å². The number of nitrogens with zero attached hydrogens (tertiary/aromatic N) is 3. The second-order valence-corrected chi connectivity index (χ2v) is 7.56. The molecule has 0 bridgehead atoms. The van der Waals surface area contributed by atoms with Crippen molar-refractivity contribution in [2.45, 2.75) is 45.6 Å². The average Bonchev–Trinajstić information content (AvgIpc) is 3.19. The highest BCUT2D eigenvalue weighted by Gasteiger charge is 2.24. The predicted octanol–water partition coefficient (Wildman–Crippen LogP) is 3.44. The Bertz CT molecular complexity index is 844. The molecule has 7 nitrogen and oxygen atoms in total. The minimum absolute atomic E-state index is 0.0103. The number of alkyl halides is 2. The van der Waals surface area contributed by atoms with Crippen LogP contribution < -0.4 is 5.32 Å². The second-order valence-electron chi connectivity index (χ2n) is 7.56. The average molecular weight is 406 g/mol. The Morgan fingerprint density at radius 1 is 1.21 bits per heavy atom. The molecule has 1 N–H and O–H groups in total. The van der Waals surface area contributed by atoms with Crippen molar-refractivity contribution in [2.24, 2.45) is 5.92 Å². The number of halogens is 2. The number of nitrogens with one attached hydrogen (secondary N) is 1. The van der Waals surface area contributed by atoms with E-state index in [0.717, 1.165) is 0 Å². The van der Waals surface area contributed by atoms with Gasteiger partial charge in [-0.3, -0.25) is 9.59 Å². The van der Waals surface area contributed by atoms with Crippen LogP contribution in [-0.4, -0.2) is 46.0 Å². The number of hydrogen-bond donors (Lipinski definition) is 1. The second kappa shape index (κ2) is 9.11. The Hall–Kier alpha value is -2.84. The number of likely N-dealkylation sites (tertiary alicyclic amines) is 1. The molecule has 0 unspecified atom stereocenters. The number of benzene rings is 1. The topological polar surface area (TPSA) is 88.3 Å². The first-order valence-electron chi connectivity index (χ1n) is 9.64. The summed E-state index contributed by atoms with van der Waals surface area (Å²) in [6.45, 7) is 5.32. The highest BCUT2D eigenvalue weighted by atomic mass is 19.3. The molecule has 0 radical (unpaired) electrons. The molecular weight excluding hydrogens is 382 g/mol. The summed E-state index contributed by atoms with van der Waals surface area (Å²) in [5.41, 5.74) is 0.929. The molecule has 9 heteroatoms. The molecule has 1 saturated heterocycles. The van der Waals surface area contributed by atoms with Crippen LogP contribution in [0.25, 0.3) is 11.4 Å². The van der Waals surface area contributed by atoms with Gasteiger partial charge in [0, 0.05) is 36.7 Å². The van der Waals surface area contributed by atoms with Gasteiger partial charge in [0.25, 0.3) is 11.8 Å². The monoisotopic (exact) mass is 406 g/mol. The van der Waals surface area contributed by atoms with E-state index in [1.54, 1.807) is 24.3 Å². The third-order valence-electron chi connectivity index (χ3n) is 4.80. The first kappa shape index (κ1) is 20.9. The zero-order valence-electron chi connectivity index (χ0n) is 16.4. The van der Waals surface area contributed by atoms with Crippen LogP contribution in [0, 0.1) is 5.92 Å². The molecule has 156 valence electrons. The summed E-state index contributed by atoms with van der Waals surface area (Å²) in [5, 5.41) is 6.50. The molecule has 0 atom stereocenters. The van der Waals surface area contributed by atoms with Gasteiger partial charge in [-0.05, 0) is 30.9 Å².